The van der Waals surface area contributed by atoms with E-state index in [1.54, 1.807) is 11.3 Å². The fourth-order valence-electron chi connectivity index (χ4n) is 2.15. The van der Waals surface area contributed by atoms with E-state index < -0.39 is 0 Å². The van der Waals surface area contributed by atoms with Crippen molar-refractivity contribution in [3.05, 3.63) is 22.4 Å². The summed E-state index contributed by atoms with van der Waals surface area (Å²) in [6, 6.07) is 2.11. The molecule has 0 aromatic carbocycles. The first-order valence-corrected chi connectivity index (χ1v) is 6.87. The van der Waals surface area contributed by atoms with Crippen molar-refractivity contribution in [1.29, 1.82) is 0 Å². The lowest BCUT2D eigenvalue weighted by Gasteiger charge is -2.35. The Morgan fingerprint density at radius 2 is 2.56 bits per heavy atom. The van der Waals surface area contributed by atoms with Gasteiger partial charge in [-0.25, -0.2) is 0 Å². The van der Waals surface area contributed by atoms with Crippen LogP contribution in [-0.2, 0) is 4.74 Å². The first-order valence-electron chi connectivity index (χ1n) is 5.93. The van der Waals surface area contributed by atoms with E-state index in [0.717, 1.165) is 26.2 Å². The molecule has 1 saturated heterocycles. The Labute approximate surface area is 101 Å². The number of hydrogen-bond donors (Lipinski definition) is 1. The van der Waals surface area contributed by atoms with Gasteiger partial charge in [-0.2, -0.15) is 11.3 Å². The predicted octanol–water partition coefficient (Wildman–Crippen LogP) is 1.86. The maximum Gasteiger partial charge on any atom is 0.0895 e. The average Bonchev–Trinajstić information content (AvgIpc) is 2.82. The fourth-order valence-corrected chi connectivity index (χ4v) is 2.85. The summed E-state index contributed by atoms with van der Waals surface area (Å²) in [5.74, 6) is 0. The Bertz CT molecular complexity index is 300. The first-order chi connectivity index (χ1) is 7.81. The largest absolute Gasteiger partial charge is 0.374 e. The molecule has 2 atom stereocenters. The molecule has 2 heterocycles. The fraction of sp³-hybridized carbons (Fsp3) is 0.667. The molecule has 2 unspecified atom stereocenters. The van der Waals surface area contributed by atoms with E-state index in [0.29, 0.717) is 0 Å². The summed E-state index contributed by atoms with van der Waals surface area (Å²) in [6.45, 7) is 6.17. The number of nitrogens with zero attached hydrogens (tertiary/aromatic N) is 1. The molecule has 0 spiro atoms. The highest BCUT2D eigenvalue weighted by Crippen LogP contribution is 2.22. The number of rotatable bonds is 4. The third-order valence-electron chi connectivity index (χ3n) is 3.05. The van der Waals surface area contributed by atoms with E-state index in [4.69, 9.17) is 10.5 Å². The van der Waals surface area contributed by atoms with E-state index in [1.807, 2.05) is 0 Å². The smallest absolute Gasteiger partial charge is 0.0895 e. The standard InChI is InChI=1S/C12H20N2OS/c1-2-4-14-5-6-15-11(8-14)12(13)10-3-7-16-9-10/h3,7,9,11-12H,2,4-6,8,13H2,1H3. The monoisotopic (exact) mass is 240 g/mol. The molecule has 1 aromatic rings. The normalized spacial score (nSPS) is 24.5. The van der Waals surface area contributed by atoms with Gasteiger partial charge in [0.15, 0.2) is 0 Å². The van der Waals surface area contributed by atoms with Crippen molar-refractivity contribution in [2.45, 2.75) is 25.5 Å². The Balaban J connectivity index is 1.93. The number of hydrogen-bond acceptors (Lipinski definition) is 4. The van der Waals surface area contributed by atoms with E-state index in [-0.39, 0.29) is 12.1 Å². The van der Waals surface area contributed by atoms with Crippen LogP contribution in [-0.4, -0.2) is 37.2 Å². The van der Waals surface area contributed by atoms with Gasteiger partial charge in [-0.3, -0.25) is 4.90 Å². The Kier molecular flexibility index (Phi) is 4.35. The van der Waals surface area contributed by atoms with Crippen LogP contribution >= 0.6 is 11.3 Å². The first kappa shape index (κ1) is 12.0. The number of nitrogens with two attached hydrogens (primary N) is 1. The molecule has 1 aliphatic rings. The minimum Gasteiger partial charge on any atom is -0.374 e. The van der Waals surface area contributed by atoms with Crippen LogP contribution in [0.2, 0.25) is 0 Å². The van der Waals surface area contributed by atoms with Gasteiger partial charge in [0, 0.05) is 13.1 Å². The molecule has 0 saturated carbocycles. The molecule has 2 N–H and O–H groups in total. The van der Waals surface area contributed by atoms with E-state index in [9.17, 15) is 0 Å². The van der Waals surface area contributed by atoms with Crippen LogP contribution in [0.15, 0.2) is 16.8 Å². The second-order valence-corrected chi connectivity index (χ2v) is 5.07. The number of ether oxygens (including phenoxy) is 1. The topological polar surface area (TPSA) is 38.5 Å². The second-order valence-electron chi connectivity index (χ2n) is 4.29. The van der Waals surface area contributed by atoms with Crippen LogP contribution in [0.4, 0.5) is 0 Å². The summed E-state index contributed by atoms with van der Waals surface area (Å²) in [4.78, 5) is 2.44. The number of thiophene rings is 1. The molecule has 1 fully saturated rings. The van der Waals surface area contributed by atoms with Crippen LogP contribution in [0.1, 0.15) is 24.9 Å². The third kappa shape index (κ3) is 2.83. The van der Waals surface area contributed by atoms with Gasteiger partial charge >= 0.3 is 0 Å². The zero-order valence-electron chi connectivity index (χ0n) is 9.76. The summed E-state index contributed by atoms with van der Waals surface area (Å²) >= 11 is 1.69. The van der Waals surface area contributed by atoms with Crippen molar-refractivity contribution in [2.75, 3.05) is 26.2 Å². The minimum atomic E-state index is 0.0194. The third-order valence-corrected chi connectivity index (χ3v) is 3.75. The number of morpholine rings is 1. The Hall–Kier alpha value is -0.420. The maximum absolute atomic E-state index is 6.23. The maximum atomic E-state index is 6.23. The van der Waals surface area contributed by atoms with Crippen LogP contribution in [0.5, 0.6) is 0 Å². The molecule has 4 heteroatoms. The molecule has 0 bridgehead atoms. The van der Waals surface area contributed by atoms with Gasteiger partial charge in [-0.05, 0) is 35.4 Å². The van der Waals surface area contributed by atoms with Crippen molar-refractivity contribution in [3.8, 4) is 0 Å². The molecule has 3 nitrogen and oxygen atoms in total. The van der Waals surface area contributed by atoms with Gasteiger partial charge in [-0.15, -0.1) is 0 Å². The van der Waals surface area contributed by atoms with Crippen LogP contribution in [0, 0.1) is 0 Å². The SMILES string of the molecule is CCCN1CCOC(C(N)c2ccsc2)C1. The van der Waals surface area contributed by atoms with Crippen LogP contribution < -0.4 is 5.73 Å². The molecule has 1 aliphatic heterocycles. The molecule has 0 radical (unpaired) electrons. The summed E-state index contributed by atoms with van der Waals surface area (Å²) < 4.78 is 5.78. The summed E-state index contributed by atoms with van der Waals surface area (Å²) in [7, 11) is 0. The molecule has 1 aromatic heterocycles. The molecular formula is C12H20N2OS. The lowest BCUT2D eigenvalue weighted by molar-refractivity contribution is -0.0407. The van der Waals surface area contributed by atoms with Crippen LogP contribution in [0.3, 0.4) is 0 Å². The average molecular weight is 240 g/mol. The van der Waals surface area contributed by atoms with Gasteiger partial charge in [-0.1, -0.05) is 6.92 Å². The lowest BCUT2D eigenvalue weighted by Crippen LogP contribution is -2.47. The zero-order chi connectivity index (χ0) is 11.4. The van der Waals surface area contributed by atoms with Gasteiger partial charge in [0.1, 0.15) is 0 Å². The highest BCUT2D eigenvalue weighted by Gasteiger charge is 2.26. The highest BCUT2D eigenvalue weighted by molar-refractivity contribution is 7.07. The Morgan fingerprint density at radius 1 is 1.69 bits per heavy atom. The molecule has 2 rings (SSSR count). The van der Waals surface area contributed by atoms with E-state index in [1.165, 1.54) is 12.0 Å². The zero-order valence-corrected chi connectivity index (χ0v) is 10.6. The van der Waals surface area contributed by atoms with E-state index >= 15 is 0 Å². The quantitative estimate of drug-likeness (QED) is 0.873. The van der Waals surface area contributed by atoms with Gasteiger partial charge in [0.05, 0.1) is 18.8 Å². The van der Waals surface area contributed by atoms with Crippen molar-refractivity contribution < 1.29 is 4.74 Å². The molecular weight excluding hydrogens is 220 g/mol. The van der Waals surface area contributed by atoms with Crippen molar-refractivity contribution in [3.63, 3.8) is 0 Å². The summed E-state index contributed by atoms with van der Waals surface area (Å²) in [5.41, 5.74) is 7.43. The molecule has 0 aliphatic carbocycles. The van der Waals surface area contributed by atoms with Crippen molar-refractivity contribution in [2.24, 2.45) is 5.73 Å². The second kappa shape index (κ2) is 5.77. The lowest BCUT2D eigenvalue weighted by atomic mass is 10.0. The minimum absolute atomic E-state index is 0.0194. The van der Waals surface area contributed by atoms with E-state index in [2.05, 4.69) is 28.7 Å². The summed E-state index contributed by atoms with van der Waals surface area (Å²) in [6.07, 6.45) is 1.34. The van der Waals surface area contributed by atoms with Crippen molar-refractivity contribution >= 4 is 11.3 Å². The van der Waals surface area contributed by atoms with Gasteiger partial charge < -0.3 is 10.5 Å². The van der Waals surface area contributed by atoms with Crippen LogP contribution in [0.25, 0.3) is 0 Å². The van der Waals surface area contributed by atoms with Crippen molar-refractivity contribution in [1.82, 2.24) is 4.90 Å². The van der Waals surface area contributed by atoms with Gasteiger partial charge in [0.25, 0.3) is 0 Å². The molecule has 90 valence electrons. The predicted molar refractivity (Wildman–Crippen MR) is 67.7 cm³/mol. The Morgan fingerprint density at radius 3 is 3.25 bits per heavy atom. The highest BCUT2D eigenvalue weighted by atomic mass is 32.1. The van der Waals surface area contributed by atoms with Gasteiger partial charge in [0.2, 0.25) is 0 Å². The molecule has 0 amide bonds. The summed E-state index contributed by atoms with van der Waals surface area (Å²) in [5, 5.41) is 4.19. The molecule has 16 heavy (non-hydrogen) atoms.